The summed E-state index contributed by atoms with van der Waals surface area (Å²) in [6.45, 7) is 0. The van der Waals surface area contributed by atoms with Crippen LogP contribution in [0.3, 0.4) is 0 Å². The van der Waals surface area contributed by atoms with Gasteiger partial charge in [-0.05, 0) is 34.1 Å². The van der Waals surface area contributed by atoms with Crippen molar-refractivity contribution in [1.82, 2.24) is 10.2 Å². The van der Waals surface area contributed by atoms with Crippen LogP contribution in [0.4, 0.5) is 0 Å². The van der Waals surface area contributed by atoms with E-state index in [9.17, 15) is 0 Å². The maximum Gasteiger partial charge on any atom is 0.278 e. The summed E-state index contributed by atoms with van der Waals surface area (Å²) >= 11 is 11.2. The molecule has 1 heterocycles. The topological polar surface area (TPSA) is 38.9 Å². The highest BCUT2D eigenvalue weighted by molar-refractivity contribution is 14.1. The lowest BCUT2D eigenvalue weighted by Gasteiger charge is -1.97. The van der Waals surface area contributed by atoms with E-state index in [-0.39, 0.29) is 0 Å². The van der Waals surface area contributed by atoms with Crippen molar-refractivity contribution in [1.29, 1.82) is 0 Å². The molecule has 1 aromatic heterocycles. The van der Waals surface area contributed by atoms with E-state index in [0.29, 0.717) is 14.8 Å². The Kier molecular flexibility index (Phi) is 3.08. The molecule has 0 saturated heterocycles. The van der Waals surface area contributed by atoms with Crippen molar-refractivity contribution in [3.05, 3.63) is 31.6 Å². The summed E-state index contributed by atoms with van der Waals surface area (Å²) in [7, 11) is 0. The van der Waals surface area contributed by atoms with Gasteiger partial charge in [0.2, 0.25) is 5.89 Å². The van der Waals surface area contributed by atoms with Crippen molar-refractivity contribution in [2.75, 3.05) is 0 Å². The van der Waals surface area contributed by atoms with Gasteiger partial charge in [0, 0.05) is 32.6 Å². The van der Waals surface area contributed by atoms with Crippen molar-refractivity contribution < 1.29 is 4.42 Å². The van der Waals surface area contributed by atoms with Crippen LogP contribution in [0, 0.1) is 3.90 Å². The fourth-order valence-electron chi connectivity index (χ4n) is 0.951. The lowest BCUT2D eigenvalue weighted by Crippen LogP contribution is -1.78. The van der Waals surface area contributed by atoms with Gasteiger partial charge < -0.3 is 4.42 Å². The number of hydrogen-bond acceptors (Lipinski definition) is 3. The molecule has 72 valence electrons. The molecule has 0 saturated carbocycles. The normalized spacial score (nSPS) is 10.5. The second-order valence-corrected chi connectivity index (χ2v) is 4.67. The van der Waals surface area contributed by atoms with Crippen LogP contribution >= 0.6 is 50.1 Å². The fourth-order valence-corrected chi connectivity index (χ4v) is 1.69. The molecule has 0 bridgehead atoms. The Morgan fingerprint density at radius 2 is 2.14 bits per heavy atom. The molecular formula is C8H3BrClIN2O. The number of hydrogen-bond donors (Lipinski definition) is 0. The molecule has 0 radical (unpaired) electrons. The number of halogens is 3. The van der Waals surface area contributed by atoms with Gasteiger partial charge in [-0.15, -0.1) is 10.2 Å². The first kappa shape index (κ1) is 10.4. The molecule has 2 aromatic rings. The van der Waals surface area contributed by atoms with Crippen molar-refractivity contribution in [3.8, 4) is 11.5 Å². The minimum Gasteiger partial charge on any atom is -0.412 e. The molecule has 14 heavy (non-hydrogen) atoms. The minimum atomic E-state index is 0.476. The summed E-state index contributed by atoms with van der Waals surface area (Å²) in [5.41, 5.74) is 0.814. The third-order valence-corrected chi connectivity index (χ3v) is 3.24. The number of rotatable bonds is 1. The molecule has 0 aliphatic carbocycles. The summed E-state index contributed by atoms with van der Waals surface area (Å²) in [6.07, 6.45) is 0. The van der Waals surface area contributed by atoms with E-state index >= 15 is 0 Å². The van der Waals surface area contributed by atoms with Crippen LogP contribution in [0.15, 0.2) is 27.1 Å². The summed E-state index contributed by atoms with van der Waals surface area (Å²) in [6, 6.07) is 5.48. The van der Waals surface area contributed by atoms with Gasteiger partial charge in [-0.25, -0.2) is 0 Å². The van der Waals surface area contributed by atoms with Crippen LogP contribution in [0.25, 0.3) is 11.5 Å². The standard InChI is InChI=1S/C8H3BrClIN2O/c9-5-2-1-4(3-6(5)10)7-12-13-8(11)14-7/h1-3H. The molecule has 0 amide bonds. The van der Waals surface area contributed by atoms with Crippen LogP contribution in [-0.2, 0) is 0 Å². The second-order valence-electron chi connectivity index (χ2n) is 2.49. The van der Waals surface area contributed by atoms with Gasteiger partial charge in [0.1, 0.15) is 0 Å². The number of aromatic nitrogens is 2. The van der Waals surface area contributed by atoms with E-state index in [4.69, 9.17) is 16.0 Å². The minimum absolute atomic E-state index is 0.476. The van der Waals surface area contributed by atoms with Crippen molar-refractivity contribution >= 4 is 50.1 Å². The molecule has 1 aromatic carbocycles. The maximum absolute atomic E-state index is 5.93. The lowest BCUT2D eigenvalue weighted by molar-refractivity contribution is 0.537. The molecule has 2 rings (SSSR count). The molecule has 0 spiro atoms. The first-order valence-electron chi connectivity index (χ1n) is 3.61. The van der Waals surface area contributed by atoms with Crippen LogP contribution in [0.2, 0.25) is 5.02 Å². The van der Waals surface area contributed by atoms with Gasteiger partial charge in [-0.2, -0.15) is 0 Å². The Hall–Kier alpha value is -0.140. The number of benzene rings is 1. The van der Waals surface area contributed by atoms with Gasteiger partial charge in [-0.3, -0.25) is 0 Å². The third-order valence-electron chi connectivity index (χ3n) is 1.57. The first-order valence-corrected chi connectivity index (χ1v) is 5.86. The SMILES string of the molecule is Clc1cc(-c2nnc(I)o2)ccc1Br. The Bertz CT molecular complexity index is 474. The largest absolute Gasteiger partial charge is 0.412 e. The highest BCUT2D eigenvalue weighted by atomic mass is 127. The molecular weight excluding hydrogens is 382 g/mol. The Labute approximate surface area is 107 Å². The molecule has 6 heteroatoms. The van der Waals surface area contributed by atoms with Crippen molar-refractivity contribution in [3.63, 3.8) is 0 Å². The Morgan fingerprint density at radius 1 is 1.36 bits per heavy atom. The average Bonchev–Trinajstić information content (AvgIpc) is 2.57. The average molecular weight is 385 g/mol. The molecule has 3 nitrogen and oxygen atoms in total. The van der Waals surface area contributed by atoms with Gasteiger partial charge >= 0.3 is 0 Å². The first-order chi connectivity index (χ1) is 6.66. The van der Waals surface area contributed by atoms with Crippen LogP contribution in [-0.4, -0.2) is 10.2 Å². The summed E-state index contributed by atoms with van der Waals surface area (Å²) in [4.78, 5) is 0. The van der Waals surface area contributed by atoms with E-state index in [1.54, 1.807) is 6.07 Å². The molecule has 0 atom stereocenters. The Morgan fingerprint density at radius 3 is 2.71 bits per heavy atom. The zero-order valence-corrected chi connectivity index (χ0v) is 11.2. The highest BCUT2D eigenvalue weighted by Crippen LogP contribution is 2.28. The zero-order chi connectivity index (χ0) is 10.1. The van der Waals surface area contributed by atoms with Gasteiger partial charge in [0.25, 0.3) is 3.90 Å². The third kappa shape index (κ3) is 2.09. The summed E-state index contributed by atoms with van der Waals surface area (Å²) in [5, 5.41) is 8.24. The number of nitrogens with zero attached hydrogens (tertiary/aromatic N) is 2. The summed E-state index contributed by atoms with van der Waals surface area (Å²) in [5.74, 6) is 0.476. The summed E-state index contributed by atoms with van der Waals surface area (Å²) < 4.78 is 6.61. The van der Waals surface area contributed by atoms with Gasteiger partial charge in [0.15, 0.2) is 0 Å². The lowest BCUT2D eigenvalue weighted by atomic mass is 10.2. The quantitative estimate of drug-likeness (QED) is 0.702. The zero-order valence-electron chi connectivity index (χ0n) is 6.67. The van der Waals surface area contributed by atoms with Gasteiger partial charge in [-0.1, -0.05) is 11.6 Å². The van der Waals surface area contributed by atoms with Crippen LogP contribution in [0.5, 0.6) is 0 Å². The van der Waals surface area contributed by atoms with E-state index in [1.807, 2.05) is 34.7 Å². The van der Waals surface area contributed by atoms with Crippen LogP contribution < -0.4 is 0 Å². The molecule has 0 aliphatic heterocycles. The second kappa shape index (κ2) is 4.16. The van der Waals surface area contributed by atoms with Crippen molar-refractivity contribution in [2.24, 2.45) is 0 Å². The molecule has 0 fully saturated rings. The smallest absolute Gasteiger partial charge is 0.278 e. The Balaban J connectivity index is 2.47. The monoisotopic (exact) mass is 384 g/mol. The molecule has 0 N–H and O–H groups in total. The predicted molar refractivity (Wildman–Crippen MR) is 65.2 cm³/mol. The maximum atomic E-state index is 5.93. The molecule has 0 aliphatic rings. The highest BCUT2D eigenvalue weighted by Gasteiger charge is 2.07. The van der Waals surface area contributed by atoms with E-state index < -0.39 is 0 Å². The van der Waals surface area contributed by atoms with E-state index in [1.165, 1.54) is 0 Å². The molecule has 0 unspecified atom stereocenters. The predicted octanol–water partition coefficient (Wildman–Crippen LogP) is 3.76. The van der Waals surface area contributed by atoms with E-state index in [0.717, 1.165) is 10.0 Å². The van der Waals surface area contributed by atoms with Crippen molar-refractivity contribution in [2.45, 2.75) is 0 Å². The van der Waals surface area contributed by atoms with Crippen LogP contribution in [0.1, 0.15) is 0 Å². The fraction of sp³-hybridized carbons (Fsp3) is 0. The van der Waals surface area contributed by atoms with Gasteiger partial charge in [0.05, 0.1) is 5.02 Å². The van der Waals surface area contributed by atoms with E-state index in [2.05, 4.69) is 26.1 Å².